The van der Waals surface area contributed by atoms with Gasteiger partial charge in [-0.25, -0.2) is 9.59 Å². The molecule has 0 spiro atoms. The fourth-order valence-corrected chi connectivity index (χ4v) is 1.41. The number of ether oxygens (including phenoxy) is 2. The average Bonchev–Trinajstić information content (AvgIpc) is 2.32. The molecule has 122 valence electrons. The van der Waals surface area contributed by atoms with Gasteiger partial charge >= 0.3 is 12.1 Å². The van der Waals surface area contributed by atoms with Crippen molar-refractivity contribution in [3.63, 3.8) is 0 Å². The van der Waals surface area contributed by atoms with E-state index in [1.165, 1.54) is 7.05 Å². The number of carboxylic acid groups (broad SMARTS) is 1. The summed E-state index contributed by atoms with van der Waals surface area (Å²) in [5.74, 6) is -1.49. The van der Waals surface area contributed by atoms with Crippen LogP contribution in [0.4, 0.5) is 4.79 Å². The first-order valence-corrected chi connectivity index (χ1v) is 6.26. The molecule has 1 atom stereocenters. The highest BCUT2D eigenvalue weighted by molar-refractivity contribution is 5.73. The number of nitrogens with zero attached hydrogens (tertiary/aromatic N) is 3. The van der Waals surface area contributed by atoms with Gasteiger partial charge in [-0.1, -0.05) is 13.8 Å². The summed E-state index contributed by atoms with van der Waals surface area (Å²) in [6.07, 6.45) is -1.31. The summed E-state index contributed by atoms with van der Waals surface area (Å²) in [5.41, 5.74) is 0. The highest BCUT2D eigenvalue weighted by atomic mass is 16.8. The number of rotatable bonds is 8. The van der Waals surface area contributed by atoms with Crippen LogP contribution in [0.3, 0.4) is 0 Å². The molecule has 0 unspecified atom stereocenters. The standard InChI is InChI=1S/C11H21N3O7/c1-7(2)9(10(15)16)13(5)14(18)12-20-6-19-11(17)21-8(3)4/h7-9H,6H2,1-5H3,(H,15,16)/b14-12-/t9-/m0/s1. The van der Waals surface area contributed by atoms with Crippen LogP contribution >= 0.6 is 0 Å². The van der Waals surface area contributed by atoms with E-state index >= 15 is 0 Å². The Balaban J connectivity index is 4.35. The topological polar surface area (TPSA) is 124 Å². The van der Waals surface area contributed by atoms with Crippen LogP contribution in [0.15, 0.2) is 5.28 Å². The van der Waals surface area contributed by atoms with Gasteiger partial charge in [-0.05, 0) is 19.8 Å². The van der Waals surface area contributed by atoms with Gasteiger partial charge < -0.3 is 24.6 Å². The summed E-state index contributed by atoms with van der Waals surface area (Å²) in [6.45, 7) is 5.94. The molecule has 0 saturated heterocycles. The minimum absolute atomic E-state index is 0.0318. The zero-order valence-electron chi connectivity index (χ0n) is 12.7. The van der Waals surface area contributed by atoms with Crippen molar-refractivity contribution >= 4 is 12.1 Å². The quantitative estimate of drug-likeness (QED) is 0.178. The normalized spacial score (nSPS) is 13.0. The van der Waals surface area contributed by atoms with Crippen LogP contribution in [0.1, 0.15) is 27.7 Å². The Morgan fingerprint density at radius 2 is 1.90 bits per heavy atom. The number of carbonyl (C=O) groups excluding carboxylic acids is 1. The Kier molecular flexibility index (Phi) is 7.87. The van der Waals surface area contributed by atoms with Gasteiger partial charge in [0.05, 0.1) is 18.1 Å². The van der Waals surface area contributed by atoms with Gasteiger partial charge in [0.1, 0.15) is 0 Å². The van der Waals surface area contributed by atoms with Gasteiger partial charge in [0.15, 0.2) is 6.04 Å². The van der Waals surface area contributed by atoms with E-state index in [2.05, 4.69) is 19.6 Å². The first-order valence-electron chi connectivity index (χ1n) is 6.26. The second-order valence-corrected chi connectivity index (χ2v) is 4.74. The Bertz CT molecular complexity index is 384. The zero-order valence-corrected chi connectivity index (χ0v) is 12.7. The summed E-state index contributed by atoms with van der Waals surface area (Å²) in [7, 11) is 1.26. The summed E-state index contributed by atoms with van der Waals surface area (Å²) < 4.78 is 9.10. The van der Waals surface area contributed by atoms with Crippen LogP contribution in [0, 0.1) is 11.1 Å². The van der Waals surface area contributed by atoms with Crippen molar-refractivity contribution in [2.75, 3.05) is 13.8 Å². The molecule has 0 saturated carbocycles. The minimum Gasteiger partial charge on any atom is -0.569 e. The van der Waals surface area contributed by atoms with E-state index in [1.807, 2.05) is 0 Å². The monoisotopic (exact) mass is 307 g/mol. The minimum atomic E-state index is -1.17. The maximum absolute atomic E-state index is 11.5. The molecule has 0 aromatic rings. The Labute approximate surface area is 122 Å². The maximum atomic E-state index is 11.5. The highest BCUT2D eigenvalue weighted by Gasteiger charge is 2.31. The smallest absolute Gasteiger partial charge is 0.511 e. The molecule has 0 aliphatic heterocycles. The lowest BCUT2D eigenvalue weighted by molar-refractivity contribution is -0.712. The predicted octanol–water partition coefficient (Wildman–Crippen LogP) is 1.36. The van der Waals surface area contributed by atoms with Crippen LogP contribution in [-0.2, 0) is 19.1 Å². The third-order valence-corrected chi connectivity index (χ3v) is 2.25. The SMILES string of the molecule is CC(C)OC(=O)OCO/N=[N+](\[O-])N(C)[C@H](C(=O)O)C(C)C. The van der Waals surface area contributed by atoms with Crippen molar-refractivity contribution in [3.8, 4) is 0 Å². The number of carboxylic acids is 1. The van der Waals surface area contributed by atoms with Crippen molar-refractivity contribution < 1.29 is 34.0 Å². The lowest BCUT2D eigenvalue weighted by atomic mass is 10.1. The molecule has 10 nitrogen and oxygen atoms in total. The summed E-state index contributed by atoms with van der Waals surface area (Å²) in [4.78, 5) is 26.4. The van der Waals surface area contributed by atoms with E-state index in [-0.39, 0.29) is 17.0 Å². The van der Waals surface area contributed by atoms with E-state index < -0.39 is 25.0 Å². The van der Waals surface area contributed by atoms with Crippen molar-refractivity contribution in [2.24, 2.45) is 11.2 Å². The van der Waals surface area contributed by atoms with Crippen molar-refractivity contribution in [1.29, 1.82) is 0 Å². The number of hydrazine groups is 1. The van der Waals surface area contributed by atoms with Crippen molar-refractivity contribution in [1.82, 2.24) is 5.01 Å². The van der Waals surface area contributed by atoms with Gasteiger partial charge in [0.25, 0.3) is 6.79 Å². The molecule has 0 heterocycles. The molecule has 0 aromatic heterocycles. The van der Waals surface area contributed by atoms with Crippen LogP contribution in [-0.4, -0.2) is 53.2 Å². The Morgan fingerprint density at radius 1 is 1.33 bits per heavy atom. The summed E-state index contributed by atoms with van der Waals surface area (Å²) in [5, 5.41) is 24.5. The van der Waals surface area contributed by atoms with Crippen molar-refractivity contribution in [3.05, 3.63) is 5.21 Å². The van der Waals surface area contributed by atoms with Gasteiger partial charge in [-0.3, -0.25) is 0 Å². The molecule has 0 radical (unpaired) electrons. The van der Waals surface area contributed by atoms with Gasteiger partial charge in [0.2, 0.25) is 5.28 Å². The second-order valence-electron chi connectivity index (χ2n) is 4.74. The fraction of sp³-hybridized carbons (Fsp3) is 0.818. The maximum Gasteiger partial charge on any atom is 0.511 e. The Hall–Kier alpha value is -2.26. The predicted molar refractivity (Wildman–Crippen MR) is 68.7 cm³/mol. The summed E-state index contributed by atoms with van der Waals surface area (Å²) in [6, 6.07) is -1.07. The third kappa shape index (κ3) is 7.18. The van der Waals surface area contributed by atoms with Crippen molar-refractivity contribution in [2.45, 2.75) is 39.8 Å². The number of likely N-dealkylation sites (N-methyl/N-ethyl adjacent to an activating group) is 1. The number of aliphatic carboxylic acids is 1. The van der Waals surface area contributed by atoms with Crippen LogP contribution in [0.2, 0.25) is 0 Å². The van der Waals surface area contributed by atoms with E-state index in [0.29, 0.717) is 0 Å². The van der Waals surface area contributed by atoms with Gasteiger partial charge in [0, 0.05) is 0 Å². The second kappa shape index (κ2) is 8.82. The first kappa shape index (κ1) is 18.7. The molecule has 0 aliphatic rings. The lowest BCUT2D eigenvalue weighted by Gasteiger charge is -2.22. The highest BCUT2D eigenvalue weighted by Crippen LogP contribution is 2.09. The van der Waals surface area contributed by atoms with Crippen LogP contribution in [0.25, 0.3) is 0 Å². The fourth-order valence-electron chi connectivity index (χ4n) is 1.41. The summed E-state index contributed by atoms with van der Waals surface area (Å²) >= 11 is 0. The number of hydrogen-bond acceptors (Lipinski definition) is 7. The Morgan fingerprint density at radius 3 is 2.33 bits per heavy atom. The van der Waals surface area contributed by atoms with Gasteiger partial charge in [-0.15, -0.1) is 5.01 Å². The molecular weight excluding hydrogens is 286 g/mol. The average molecular weight is 307 g/mol. The molecule has 0 fully saturated rings. The van der Waals surface area contributed by atoms with Gasteiger partial charge in [-0.2, -0.15) is 0 Å². The van der Waals surface area contributed by atoms with E-state index in [9.17, 15) is 14.8 Å². The number of hydrogen-bond donors (Lipinski definition) is 1. The van der Waals surface area contributed by atoms with E-state index in [0.717, 1.165) is 5.01 Å². The first-order chi connectivity index (χ1) is 9.66. The third-order valence-electron chi connectivity index (χ3n) is 2.25. The molecule has 10 heteroatoms. The molecule has 0 rings (SSSR count). The molecule has 21 heavy (non-hydrogen) atoms. The number of carbonyl (C=O) groups is 2. The molecule has 0 aliphatic carbocycles. The molecule has 0 aromatic carbocycles. The largest absolute Gasteiger partial charge is 0.569 e. The van der Waals surface area contributed by atoms with E-state index in [4.69, 9.17) is 5.11 Å². The van der Waals surface area contributed by atoms with Crippen LogP contribution < -0.4 is 0 Å². The lowest BCUT2D eigenvalue weighted by Crippen LogP contribution is -2.45. The molecule has 0 amide bonds. The molecule has 0 bridgehead atoms. The van der Waals surface area contributed by atoms with E-state index in [1.54, 1.807) is 27.7 Å². The van der Waals surface area contributed by atoms with Crippen LogP contribution in [0.5, 0.6) is 0 Å². The molecule has 1 N–H and O–H groups in total. The molecular formula is C11H21N3O7. The zero-order chi connectivity index (χ0) is 16.6.